The van der Waals surface area contributed by atoms with Gasteiger partial charge in [-0.25, -0.2) is 0 Å². The minimum atomic E-state index is -2.47. The van der Waals surface area contributed by atoms with Crippen LogP contribution in [0.15, 0.2) is 0 Å². The number of esters is 2. The number of ether oxygens (including phenoxy) is 2. The van der Waals surface area contributed by atoms with Gasteiger partial charge < -0.3 is 18.5 Å². The van der Waals surface area contributed by atoms with Crippen molar-refractivity contribution < 1.29 is 28.1 Å². The van der Waals surface area contributed by atoms with Crippen molar-refractivity contribution >= 4 is 36.2 Å². The molecule has 18 heavy (non-hydrogen) atoms. The Labute approximate surface area is 111 Å². The molecule has 0 aromatic rings. The molecule has 0 spiro atoms. The van der Waals surface area contributed by atoms with Crippen LogP contribution in [0.3, 0.4) is 0 Å². The van der Waals surface area contributed by atoms with Crippen molar-refractivity contribution in [3.63, 3.8) is 0 Å². The lowest BCUT2D eigenvalue weighted by Gasteiger charge is -2.23. The van der Waals surface area contributed by atoms with Gasteiger partial charge in [0.05, 0.1) is 20.1 Å². The van der Waals surface area contributed by atoms with Crippen LogP contribution in [0.2, 0.25) is 0 Å². The highest BCUT2D eigenvalue weighted by molar-refractivity contribution is 8.58. The van der Waals surface area contributed by atoms with Gasteiger partial charge in [0.2, 0.25) is 0 Å². The van der Waals surface area contributed by atoms with Crippen LogP contribution < -0.4 is 0 Å². The Balaban J connectivity index is 4.81. The van der Waals surface area contributed by atoms with Crippen LogP contribution in [0, 0.1) is 0 Å². The zero-order valence-electron chi connectivity index (χ0n) is 11.0. The van der Waals surface area contributed by atoms with Crippen molar-refractivity contribution in [2.75, 3.05) is 27.9 Å². The Morgan fingerprint density at radius 2 is 1.83 bits per heavy atom. The lowest BCUT2D eigenvalue weighted by molar-refractivity contribution is -0.147. The molecule has 0 N–H and O–H groups in total. The first kappa shape index (κ1) is 17.5. The predicted molar refractivity (Wildman–Crippen MR) is 72.7 cm³/mol. The molecule has 0 aromatic carbocycles. The second kappa shape index (κ2) is 8.58. The third kappa shape index (κ3) is 5.91. The Bertz CT molecular complexity index is 324. The molecule has 1 unspecified atom stereocenters. The largest absolute Gasteiger partial charge is 0.469 e. The summed E-state index contributed by atoms with van der Waals surface area (Å²) in [6, 6.07) is 0. The average molecular weight is 298 g/mol. The second-order valence-electron chi connectivity index (χ2n) is 3.10. The third-order valence-corrected chi connectivity index (χ3v) is 6.64. The minimum Gasteiger partial charge on any atom is -0.469 e. The first-order chi connectivity index (χ1) is 8.42. The van der Waals surface area contributed by atoms with Gasteiger partial charge in [-0.1, -0.05) is 11.4 Å². The maximum Gasteiger partial charge on any atom is 0.320 e. The number of hydrogen-bond acceptors (Lipinski definition) is 7. The van der Waals surface area contributed by atoms with Gasteiger partial charge >= 0.3 is 11.9 Å². The summed E-state index contributed by atoms with van der Waals surface area (Å²) in [4.78, 5) is 23.0. The summed E-state index contributed by atoms with van der Waals surface area (Å²) in [5.74, 6) is -1.01. The highest BCUT2D eigenvalue weighted by atomic mass is 32.7. The summed E-state index contributed by atoms with van der Waals surface area (Å²) < 4.78 is 19.7. The molecule has 0 fully saturated rings. The van der Waals surface area contributed by atoms with E-state index in [9.17, 15) is 9.59 Å². The number of hydrogen-bond donors (Lipinski definition) is 0. The average Bonchev–Trinajstić information content (AvgIpc) is 2.37. The van der Waals surface area contributed by atoms with Gasteiger partial charge in [-0.2, -0.15) is 0 Å². The molecule has 0 saturated carbocycles. The van der Waals surface area contributed by atoms with E-state index in [-0.39, 0.29) is 13.0 Å². The molecule has 0 aromatic heterocycles. The van der Waals surface area contributed by atoms with Crippen molar-refractivity contribution in [1.82, 2.24) is 0 Å². The maximum absolute atomic E-state index is 11.7. The van der Waals surface area contributed by atoms with Crippen molar-refractivity contribution in [2.24, 2.45) is 0 Å². The summed E-state index contributed by atoms with van der Waals surface area (Å²) >= 11 is 1.06. The van der Waals surface area contributed by atoms with Crippen LogP contribution in [0.5, 0.6) is 0 Å². The lowest BCUT2D eigenvalue weighted by Crippen LogP contribution is -2.24. The van der Waals surface area contributed by atoms with Gasteiger partial charge in [0.25, 0.3) is 0 Å². The predicted octanol–water partition coefficient (Wildman–Crippen LogP) is 1.70. The Kier molecular flexibility index (Phi) is 8.35. The standard InChI is InChI=1S/C10H19O6PS/c1-6-16-10(12)8(7-9(11)13-2)18-17(5,14-3)15-4/h8H,5-7H2,1-4H3. The molecule has 0 aliphatic heterocycles. The number of carbonyl (C=O) groups excluding carboxylic acids is 2. The zero-order valence-corrected chi connectivity index (χ0v) is 12.7. The fraction of sp³-hybridized carbons (Fsp3) is 0.700. The van der Waals surface area contributed by atoms with E-state index < -0.39 is 23.7 Å². The van der Waals surface area contributed by atoms with Gasteiger partial charge in [-0.05, 0) is 13.2 Å². The normalized spacial score (nSPS) is 12.9. The van der Waals surface area contributed by atoms with Crippen LogP contribution in [0.4, 0.5) is 0 Å². The summed E-state index contributed by atoms with van der Waals surface area (Å²) in [7, 11) is 4.14. The molecular formula is C10H19O6PS. The summed E-state index contributed by atoms with van der Waals surface area (Å²) in [5.41, 5.74) is 0. The number of rotatable bonds is 8. The summed E-state index contributed by atoms with van der Waals surface area (Å²) in [6.45, 7) is -0.546. The SMILES string of the molecule is C=P(OC)(OC)SC(CC(=O)OC)C(=O)OCC. The molecule has 0 saturated heterocycles. The van der Waals surface area contributed by atoms with Gasteiger partial charge in [-0.3, -0.25) is 9.59 Å². The molecule has 1 atom stereocenters. The summed E-state index contributed by atoms with van der Waals surface area (Å²) in [6.07, 6.45) is 3.68. The molecule has 0 amide bonds. The van der Waals surface area contributed by atoms with Crippen LogP contribution in [0.1, 0.15) is 13.3 Å². The molecule has 0 rings (SSSR count). The smallest absolute Gasteiger partial charge is 0.320 e. The van der Waals surface area contributed by atoms with Crippen LogP contribution in [0.25, 0.3) is 0 Å². The molecule has 0 radical (unpaired) electrons. The molecule has 8 heteroatoms. The quantitative estimate of drug-likeness (QED) is 0.499. The molecular weight excluding hydrogens is 279 g/mol. The van der Waals surface area contributed by atoms with Crippen molar-refractivity contribution in [3.8, 4) is 0 Å². The fourth-order valence-corrected chi connectivity index (χ4v) is 4.22. The molecule has 0 heterocycles. The van der Waals surface area contributed by atoms with Crippen LogP contribution in [-0.4, -0.2) is 51.4 Å². The van der Waals surface area contributed by atoms with E-state index in [0.29, 0.717) is 0 Å². The van der Waals surface area contributed by atoms with E-state index >= 15 is 0 Å². The fourth-order valence-electron chi connectivity index (χ4n) is 0.988. The van der Waals surface area contributed by atoms with E-state index in [2.05, 4.69) is 11.0 Å². The highest BCUT2D eigenvalue weighted by Gasteiger charge is 2.30. The maximum atomic E-state index is 11.7. The van der Waals surface area contributed by atoms with Crippen LogP contribution in [-0.2, 0) is 28.1 Å². The lowest BCUT2D eigenvalue weighted by atomic mass is 10.3. The van der Waals surface area contributed by atoms with E-state index in [1.807, 2.05) is 0 Å². The van der Waals surface area contributed by atoms with E-state index in [0.717, 1.165) is 11.4 Å². The van der Waals surface area contributed by atoms with E-state index in [4.69, 9.17) is 13.8 Å². The van der Waals surface area contributed by atoms with Crippen molar-refractivity contribution in [2.45, 2.75) is 18.6 Å². The molecule has 106 valence electrons. The Morgan fingerprint density at radius 1 is 1.28 bits per heavy atom. The molecule has 0 aliphatic carbocycles. The first-order valence-corrected chi connectivity index (χ1v) is 8.48. The van der Waals surface area contributed by atoms with E-state index in [1.165, 1.54) is 21.3 Å². The van der Waals surface area contributed by atoms with Gasteiger partial charge in [0.15, 0.2) is 6.54 Å². The Morgan fingerprint density at radius 3 is 2.22 bits per heavy atom. The Hall–Kier alpha value is -0.490. The van der Waals surface area contributed by atoms with Crippen molar-refractivity contribution in [1.29, 1.82) is 0 Å². The molecule has 0 aliphatic rings. The minimum absolute atomic E-state index is 0.107. The monoisotopic (exact) mass is 298 g/mol. The van der Waals surface area contributed by atoms with Crippen molar-refractivity contribution in [3.05, 3.63) is 0 Å². The van der Waals surface area contributed by atoms with Crippen LogP contribution >= 0.6 is 17.9 Å². The molecule has 6 nitrogen and oxygen atoms in total. The topological polar surface area (TPSA) is 71.1 Å². The third-order valence-electron chi connectivity index (χ3n) is 1.97. The van der Waals surface area contributed by atoms with Gasteiger partial charge in [-0.15, -0.1) is 0 Å². The zero-order chi connectivity index (χ0) is 14.2. The summed E-state index contributed by atoms with van der Waals surface area (Å²) in [5, 5.41) is -0.747. The number of methoxy groups -OCH3 is 1. The van der Waals surface area contributed by atoms with Gasteiger partial charge in [0, 0.05) is 14.2 Å². The van der Waals surface area contributed by atoms with E-state index in [1.54, 1.807) is 6.92 Å². The highest BCUT2D eigenvalue weighted by Crippen LogP contribution is 2.61. The molecule has 0 bridgehead atoms. The second-order valence-corrected chi connectivity index (χ2v) is 8.14. The first-order valence-electron chi connectivity index (χ1n) is 5.19. The number of carbonyl (C=O) groups is 2. The van der Waals surface area contributed by atoms with Gasteiger partial charge in [0.1, 0.15) is 5.25 Å².